The van der Waals surface area contributed by atoms with E-state index in [0.717, 1.165) is 43.0 Å². The summed E-state index contributed by atoms with van der Waals surface area (Å²) in [5.74, 6) is 2.17. The van der Waals surface area contributed by atoms with Crippen LogP contribution in [0.3, 0.4) is 0 Å². The molecule has 1 heterocycles. The van der Waals surface area contributed by atoms with Crippen LogP contribution < -0.4 is 9.47 Å². The molecule has 1 atom stereocenters. The third-order valence-corrected chi connectivity index (χ3v) is 5.77. The fourth-order valence-corrected chi connectivity index (χ4v) is 4.11. The second-order valence-electron chi connectivity index (χ2n) is 7.64. The number of nitrogens with zero attached hydrogens (tertiary/aromatic N) is 1. The first-order valence-electron chi connectivity index (χ1n) is 9.58. The van der Waals surface area contributed by atoms with Gasteiger partial charge in [0.1, 0.15) is 0 Å². The molecule has 0 aromatic heterocycles. The van der Waals surface area contributed by atoms with Gasteiger partial charge in [0, 0.05) is 19.1 Å². The van der Waals surface area contributed by atoms with E-state index in [9.17, 15) is 10.2 Å². The van der Waals surface area contributed by atoms with Crippen molar-refractivity contribution >= 4 is 0 Å². The van der Waals surface area contributed by atoms with Gasteiger partial charge in [0.2, 0.25) is 0 Å². The average Bonchev–Trinajstić information content (AvgIpc) is 3.47. The number of aromatic hydroxyl groups is 2. The Kier molecular flexibility index (Phi) is 4.87. The van der Waals surface area contributed by atoms with Crippen LogP contribution in [0.15, 0.2) is 30.3 Å². The zero-order valence-corrected chi connectivity index (χ0v) is 15.9. The maximum absolute atomic E-state index is 10.3. The monoisotopic (exact) mass is 369 g/mol. The van der Waals surface area contributed by atoms with E-state index in [1.807, 2.05) is 24.3 Å². The van der Waals surface area contributed by atoms with Gasteiger partial charge >= 0.3 is 0 Å². The number of phenols is 2. The van der Waals surface area contributed by atoms with Crippen molar-refractivity contribution in [2.24, 2.45) is 5.92 Å². The van der Waals surface area contributed by atoms with Crippen molar-refractivity contribution in [1.82, 2.24) is 4.90 Å². The second-order valence-corrected chi connectivity index (χ2v) is 7.64. The fourth-order valence-electron chi connectivity index (χ4n) is 4.11. The molecule has 2 aromatic carbocycles. The molecule has 0 bridgehead atoms. The second kappa shape index (κ2) is 7.31. The summed E-state index contributed by atoms with van der Waals surface area (Å²) in [5.41, 5.74) is 3.46. The van der Waals surface area contributed by atoms with Crippen LogP contribution in [-0.4, -0.2) is 42.4 Å². The largest absolute Gasteiger partial charge is 0.504 e. The number of hydrogen-bond donors (Lipinski definition) is 2. The number of fused-ring (bicyclic) bond motifs is 1. The molecule has 0 radical (unpaired) electrons. The normalized spacial score (nSPS) is 19.6. The van der Waals surface area contributed by atoms with E-state index in [4.69, 9.17) is 9.47 Å². The Morgan fingerprint density at radius 2 is 1.74 bits per heavy atom. The van der Waals surface area contributed by atoms with Gasteiger partial charge in [-0.25, -0.2) is 0 Å². The zero-order chi connectivity index (χ0) is 19.0. The minimum atomic E-state index is 0.164. The lowest BCUT2D eigenvalue weighted by atomic mass is 9.88. The number of ether oxygens (including phenoxy) is 2. The zero-order valence-electron chi connectivity index (χ0n) is 15.9. The maximum Gasteiger partial charge on any atom is 0.160 e. The highest BCUT2D eigenvalue weighted by Gasteiger charge is 2.33. The Bertz CT molecular complexity index is 831. The molecule has 144 valence electrons. The van der Waals surface area contributed by atoms with E-state index in [2.05, 4.69) is 4.90 Å². The number of hydrogen-bond acceptors (Lipinski definition) is 5. The Morgan fingerprint density at radius 3 is 2.41 bits per heavy atom. The Morgan fingerprint density at radius 1 is 1.00 bits per heavy atom. The minimum Gasteiger partial charge on any atom is -0.504 e. The smallest absolute Gasteiger partial charge is 0.160 e. The van der Waals surface area contributed by atoms with Crippen LogP contribution in [0, 0.1) is 5.92 Å². The van der Waals surface area contributed by atoms with Gasteiger partial charge in [-0.1, -0.05) is 6.07 Å². The van der Waals surface area contributed by atoms with Crippen LogP contribution in [0.5, 0.6) is 23.0 Å². The molecule has 2 aromatic rings. The highest BCUT2D eigenvalue weighted by Crippen LogP contribution is 2.41. The highest BCUT2D eigenvalue weighted by molar-refractivity contribution is 5.49. The van der Waals surface area contributed by atoms with Gasteiger partial charge in [-0.3, -0.25) is 4.90 Å². The first-order chi connectivity index (χ1) is 13.1. The summed E-state index contributed by atoms with van der Waals surface area (Å²) in [6.07, 6.45) is 4.37. The van der Waals surface area contributed by atoms with Crippen LogP contribution in [0.2, 0.25) is 0 Å². The molecule has 1 unspecified atom stereocenters. The van der Waals surface area contributed by atoms with Crippen molar-refractivity contribution in [2.45, 2.75) is 31.7 Å². The summed E-state index contributed by atoms with van der Waals surface area (Å²) in [5, 5.41) is 20.5. The molecule has 5 nitrogen and oxygen atoms in total. The summed E-state index contributed by atoms with van der Waals surface area (Å²) in [6, 6.07) is 9.61. The molecule has 0 saturated heterocycles. The topological polar surface area (TPSA) is 62.2 Å². The number of phenolic OH excluding ortho intramolecular Hbond substituents is 2. The van der Waals surface area contributed by atoms with E-state index >= 15 is 0 Å². The van der Waals surface area contributed by atoms with E-state index < -0.39 is 0 Å². The first kappa shape index (κ1) is 18.0. The van der Waals surface area contributed by atoms with Gasteiger partial charge in [-0.15, -0.1) is 0 Å². The predicted molar refractivity (Wildman–Crippen MR) is 104 cm³/mol. The Balaban J connectivity index is 1.67. The van der Waals surface area contributed by atoms with Gasteiger partial charge in [-0.2, -0.15) is 0 Å². The summed E-state index contributed by atoms with van der Waals surface area (Å²) in [7, 11) is 3.14. The van der Waals surface area contributed by atoms with Crippen molar-refractivity contribution in [3.63, 3.8) is 0 Å². The molecule has 1 aliphatic carbocycles. The van der Waals surface area contributed by atoms with Gasteiger partial charge in [0.05, 0.1) is 14.2 Å². The first-order valence-corrected chi connectivity index (χ1v) is 9.58. The summed E-state index contributed by atoms with van der Waals surface area (Å²) >= 11 is 0. The van der Waals surface area contributed by atoms with Crippen LogP contribution in [0.4, 0.5) is 0 Å². The molecular weight excluding hydrogens is 342 g/mol. The van der Waals surface area contributed by atoms with E-state index in [1.165, 1.54) is 18.4 Å². The SMILES string of the molecule is COc1ccc(CC2c3cc(O)c(OC)cc3CCN2CC2CC2)cc1O. The van der Waals surface area contributed by atoms with Gasteiger partial charge in [0.15, 0.2) is 23.0 Å². The molecule has 2 aliphatic rings. The average molecular weight is 369 g/mol. The molecule has 5 heteroatoms. The standard InChI is InChI=1S/C22H27NO4/c1-26-21-6-5-15(10-19(21)24)9-18-17-12-20(25)22(27-2)11-16(17)7-8-23(18)13-14-3-4-14/h5-6,10-12,14,18,24-25H,3-4,7-9,13H2,1-2H3. The number of methoxy groups -OCH3 is 2. The van der Waals surface area contributed by atoms with Gasteiger partial charge in [0.25, 0.3) is 0 Å². The van der Waals surface area contributed by atoms with Crippen LogP contribution in [0.1, 0.15) is 35.6 Å². The third kappa shape index (κ3) is 3.69. The van der Waals surface area contributed by atoms with Crippen molar-refractivity contribution in [1.29, 1.82) is 0 Å². The Labute approximate surface area is 160 Å². The van der Waals surface area contributed by atoms with Gasteiger partial charge in [-0.05, 0) is 72.6 Å². The van der Waals surface area contributed by atoms with E-state index in [-0.39, 0.29) is 17.5 Å². The minimum absolute atomic E-state index is 0.164. The highest BCUT2D eigenvalue weighted by atomic mass is 16.5. The van der Waals surface area contributed by atoms with Crippen LogP contribution >= 0.6 is 0 Å². The lowest BCUT2D eigenvalue weighted by Gasteiger charge is -2.38. The van der Waals surface area contributed by atoms with Crippen LogP contribution in [-0.2, 0) is 12.8 Å². The van der Waals surface area contributed by atoms with E-state index in [0.29, 0.717) is 11.5 Å². The van der Waals surface area contributed by atoms with Gasteiger partial charge < -0.3 is 19.7 Å². The summed E-state index contributed by atoms with van der Waals surface area (Å²) < 4.78 is 10.5. The fraction of sp³-hybridized carbons (Fsp3) is 0.455. The summed E-state index contributed by atoms with van der Waals surface area (Å²) in [6.45, 7) is 2.10. The van der Waals surface area contributed by atoms with Crippen molar-refractivity contribution in [3.05, 3.63) is 47.0 Å². The van der Waals surface area contributed by atoms with Crippen molar-refractivity contribution < 1.29 is 19.7 Å². The van der Waals surface area contributed by atoms with Crippen molar-refractivity contribution in [3.8, 4) is 23.0 Å². The lowest BCUT2D eigenvalue weighted by molar-refractivity contribution is 0.175. The molecule has 2 N–H and O–H groups in total. The third-order valence-electron chi connectivity index (χ3n) is 5.77. The molecule has 0 amide bonds. The molecule has 1 saturated carbocycles. The molecule has 27 heavy (non-hydrogen) atoms. The Hall–Kier alpha value is -2.40. The number of benzene rings is 2. The molecule has 1 fully saturated rings. The van der Waals surface area contributed by atoms with E-state index in [1.54, 1.807) is 20.3 Å². The molecule has 1 aliphatic heterocycles. The van der Waals surface area contributed by atoms with Crippen molar-refractivity contribution in [2.75, 3.05) is 27.3 Å². The maximum atomic E-state index is 10.3. The van der Waals surface area contributed by atoms with Crippen LogP contribution in [0.25, 0.3) is 0 Å². The lowest BCUT2D eigenvalue weighted by Crippen LogP contribution is -2.38. The number of rotatable bonds is 6. The molecular formula is C22H27NO4. The molecule has 4 rings (SSSR count). The predicted octanol–water partition coefficient (Wildman–Crippen LogP) is 3.67. The quantitative estimate of drug-likeness (QED) is 0.814. The summed E-state index contributed by atoms with van der Waals surface area (Å²) in [4.78, 5) is 2.53. The molecule has 0 spiro atoms.